The zero-order valence-electron chi connectivity index (χ0n) is 11.9. The molecule has 1 aromatic rings. The monoisotopic (exact) mass is 237 g/mol. The van der Waals surface area contributed by atoms with Gasteiger partial charge in [0, 0.05) is 24.3 Å². The van der Waals surface area contributed by atoms with Crippen LogP contribution < -0.4 is 5.32 Å². The van der Waals surface area contributed by atoms with E-state index in [2.05, 4.69) is 51.2 Å². The summed E-state index contributed by atoms with van der Waals surface area (Å²) in [6.45, 7) is 13.2. The molecule has 0 aliphatic rings. The van der Waals surface area contributed by atoms with Gasteiger partial charge in [0.05, 0.1) is 6.20 Å². The van der Waals surface area contributed by atoms with Gasteiger partial charge < -0.3 is 5.32 Å². The minimum atomic E-state index is 0.426. The number of aromatic nitrogens is 2. The van der Waals surface area contributed by atoms with Crippen LogP contribution in [0.2, 0.25) is 0 Å². The van der Waals surface area contributed by atoms with E-state index in [1.165, 1.54) is 12.0 Å². The number of rotatable bonds is 7. The minimum absolute atomic E-state index is 0.426. The summed E-state index contributed by atoms with van der Waals surface area (Å²) in [5.74, 6) is 1.30. The third-order valence-electron chi connectivity index (χ3n) is 3.53. The predicted octanol–water partition coefficient (Wildman–Crippen LogP) is 3.24. The van der Waals surface area contributed by atoms with E-state index in [9.17, 15) is 0 Å². The van der Waals surface area contributed by atoms with Crippen molar-refractivity contribution in [1.82, 2.24) is 15.1 Å². The number of nitrogens with zero attached hydrogens (tertiary/aromatic N) is 2. The fraction of sp³-hybridized carbons (Fsp3) is 0.786. The van der Waals surface area contributed by atoms with Crippen LogP contribution in [0.5, 0.6) is 0 Å². The van der Waals surface area contributed by atoms with E-state index in [0.29, 0.717) is 17.9 Å². The lowest BCUT2D eigenvalue weighted by atomic mass is 9.87. The summed E-state index contributed by atoms with van der Waals surface area (Å²) >= 11 is 0. The Morgan fingerprint density at radius 2 is 2.00 bits per heavy atom. The van der Waals surface area contributed by atoms with Gasteiger partial charge in [0.15, 0.2) is 0 Å². The van der Waals surface area contributed by atoms with Crippen molar-refractivity contribution in [2.45, 2.75) is 53.6 Å². The lowest BCUT2D eigenvalue weighted by molar-refractivity contribution is 0.303. The molecule has 1 aromatic heterocycles. The Balaban J connectivity index is 2.81. The fourth-order valence-electron chi connectivity index (χ4n) is 2.01. The van der Waals surface area contributed by atoms with Crippen molar-refractivity contribution in [3.8, 4) is 0 Å². The van der Waals surface area contributed by atoms with Crippen molar-refractivity contribution in [2.24, 2.45) is 11.8 Å². The smallest absolute Gasteiger partial charge is 0.0537 e. The van der Waals surface area contributed by atoms with Crippen molar-refractivity contribution in [2.75, 3.05) is 6.54 Å². The van der Waals surface area contributed by atoms with Gasteiger partial charge in [-0.3, -0.25) is 4.68 Å². The Morgan fingerprint density at radius 3 is 2.47 bits per heavy atom. The highest BCUT2D eigenvalue weighted by Gasteiger charge is 2.22. The second-order valence-electron chi connectivity index (χ2n) is 5.16. The van der Waals surface area contributed by atoms with Gasteiger partial charge in [-0.15, -0.1) is 0 Å². The third kappa shape index (κ3) is 3.84. The van der Waals surface area contributed by atoms with Gasteiger partial charge in [0.1, 0.15) is 0 Å². The van der Waals surface area contributed by atoms with E-state index in [1.54, 1.807) is 0 Å². The van der Waals surface area contributed by atoms with E-state index >= 15 is 0 Å². The summed E-state index contributed by atoms with van der Waals surface area (Å²) in [5, 5.41) is 8.03. The molecule has 0 amide bonds. The minimum Gasteiger partial charge on any atom is -0.310 e. The Bertz CT molecular complexity index is 317. The van der Waals surface area contributed by atoms with Crippen LogP contribution in [-0.4, -0.2) is 16.3 Å². The van der Waals surface area contributed by atoms with E-state index in [-0.39, 0.29) is 0 Å². The summed E-state index contributed by atoms with van der Waals surface area (Å²) in [6, 6.07) is 0.426. The molecular weight excluding hydrogens is 210 g/mol. The summed E-state index contributed by atoms with van der Waals surface area (Å²) in [4.78, 5) is 0. The highest BCUT2D eigenvalue weighted by atomic mass is 15.3. The molecule has 0 radical (unpaired) electrons. The second kappa shape index (κ2) is 6.80. The molecule has 0 saturated heterocycles. The third-order valence-corrected chi connectivity index (χ3v) is 3.53. The molecule has 2 unspecified atom stereocenters. The highest BCUT2D eigenvalue weighted by molar-refractivity contribution is 5.11. The summed E-state index contributed by atoms with van der Waals surface area (Å²) in [7, 11) is 0. The first-order chi connectivity index (χ1) is 8.10. The first-order valence-corrected chi connectivity index (χ1v) is 6.85. The van der Waals surface area contributed by atoms with Crippen LogP contribution in [0.1, 0.15) is 52.6 Å². The number of aryl methyl sites for hydroxylation is 1. The molecule has 0 fully saturated rings. The summed E-state index contributed by atoms with van der Waals surface area (Å²) in [5.41, 5.74) is 1.32. The largest absolute Gasteiger partial charge is 0.310 e. The normalized spacial score (nSPS) is 15.2. The van der Waals surface area contributed by atoms with Crippen LogP contribution in [-0.2, 0) is 6.54 Å². The van der Waals surface area contributed by atoms with E-state index in [4.69, 9.17) is 0 Å². The topological polar surface area (TPSA) is 29.9 Å². The summed E-state index contributed by atoms with van der Waals surface area (Å²) < 4.78 is 2.00. The highest BCUT2D eigenvalue weighted by Crippen LogP contribution is 2.27. The lowest BCUT2D eigenvalue weighted by Gasteiger charge is -2.27. The van der Waals surface area contributed by atoms with Gasteiger partial charge >= 0.3 is 0 Å². The first-order valence-electron chi connectivity index (χ1n) is 6.85. The molecule has 3 nitrogen and oxygen atoms in total. The SMILES string of the molecule is CCCNC(c1cnn(CC)c1)C(C)C(C)C. The molecular formula is C14H27N3. The molecule has 3 heteroatoms. The van der Waals surface area contributed by atoms with Crippen molar-refractivity contribution >= 4 is 0 Å². The lowest BCUT2D eigenvalue weighted by Crippen LogP contribution is -2.30. The van der Waals surface area contributed by atoms with E-state index in [1.807, 2.05) is 10.9 Å². The molecule has 0 spiro atoms. The van der Waals surface area contributed by atoms with Crippen LogP contribution >= 0.6 is 0 Å². The van der Waals surface area contributed by atoms with Crippen molar-refractivity contribution in [3.05, 3.63) is 18.0 Å². The van der Waals surface area contributed by atoms with Crippen molar-refractivity contribution < 1.29 is 0 Å². The standard InChI is InChI=1S/C14H27N3/c1-6-8-15-14(12(5)11(3)4)13-9-16-17(7-2)10-13/h9-12,14-15H,6-8H2,1-5H3. The first kappa shape index (κ1) is 14.2. The molecule has 2 atom stereocenters. The Kier molecular flexibility index (Phi) is 5.69. The Morgan fingerprint density at radius 1 is 1.29 bits per heavy atom. The zero-order chi connectivity index (χ0) is 12.8. The maximum atomic E-state index is 4.38. The number of nitrogens with one attached hydrogen (secondary N) is 1. The molecule has 0 aliphatic carbocycles. The van der Waals surface area contributed by atoms with Gasteiger partial charge in [-0.25, -0.2) is 0 Å². The average Bonchev–Trinajstić information content (AvgIpc) is 2.77. The zero-order valence-corrected chi connectivity index (χ0v) is 11.9. The van der Waals surface area contributed by atoms with Crippen LogP contribution in [0.4, 0.5) is 0 Å². The molecule has 0 saturated carbocycles. The number of hydrogen-bond acceptors (Lipinski definition) is 2. The molecule has 0 bridgehead atoms. The molecule has 0 aliphatic heterocycles. The van der Waals surface area contributed by atoms with Gasteiger partial charge in [-0.05, 0) is 31.7 Å². The van der Waals surface area contributed by atoms with Crippen LogP contribution in [0.15, 0.2) is 12.4 Å². The van der Waals surface area contributed by atoms with Gasteiger partial charge in [-0.1, -0.05) is 27.7 Å². The maximum Gasteiger partial charge on any atom is 0.0537 e. The van der Waals surface area contributed by atoms with E-state index < -0.39 is 0 Å². The van der Waals surface area contributed by atoms with Crippen LogP contribution in [0.3, 0.4) is 0 Å². The number of hydrogen-bond donors (Lipinski definition) is 1. The second-order valence-corrected chi connectivity index (χ2v) is 5.16. The quantitative estimate of drug-likeness (QED) is 0.789. The Hall–Kier alpha value is -0.830. The predicted molar refractivity (Wildman–Crippen MR) is 72.9 cm³/mol. The van der Waals surface area contributed by atoms with Gasteiger partial charge in [-0.2, -0.15) is 5.10 Å². The molecule has 1 heterocycles. The average molecular weight is 237 g/mol. The summed E-state index contributed by atoms with van der Waals surface area (Å²) in [6.07, 6.45) is 5.35. The van der Waals surface area contributed by atoms with Gasteiger partial charge in [0.2, 0.25) is 0 Å². The van der Waals surface area contributed by atoms with Crippen molar-refractivity contribution in [3.63, 3.8) is 0 Å². The van der Waals surface area contributed by atoms with E-state index in [0.717, 1.165) is 13.1 Å². The molecule has 1 N–H and O–H groups in total. The maximum absolute atomic E-state index is 4.38. The Labute approximate surface area is 106 Å². The van der Waals surface area contributed by atoms with Crippen LogP contribution in [0.25, 0.3) is 0 Å². The molecule has 17 heavy (non-hydrogen) atoms. The molecule has 98 valence electrons. The van der Waals surface area contributed by atoms with Crippen molar-refractivity contribution in [1.29, 1.82) is 0 Å². The van der Waals surface area contributed by atoms with Crippen LogP contribution in [0, 0.1) is 11.8 Å². The molecule has 1 rings (SSSR count). The fourth-order valence-corrected chi connectivity index (χ4v) is 2.01. The molecule has 0 aromatic carbocycles. The van der Waals surface area contributed by atoms with Gasteiger partial charge in [0.25, 0.3) is 0 Å².